The SMILES string of the molecule is CCC(NS(=O)(=O)N1CCC(CO)CC1)c1cccs1. The topological polar surface area (TPSA) is 69.6 Å². The minimum Gasteiger partial charge on any atom is -0.396 e. The molecule has 2 N–H and O–H groups in total. The van der Waals surface area contributed by atoms with Crippen molar-refractivity contribution in [3.05, 3.63) is 22.4 Å². The van der Waals surface area contributed by atoms with Crippen molar-refractivity contribution in [2.24, 2.45) is 5.92 Å². The van der Waals surface area contributed by atoms with Crippen LogP contribution in [0.2, 0.25) is 0 Å². The molecule has 2 heterocycles. The first kappa shape index (κ1) is 15.9. The molecule has 20 heavy (non-hydrogen) atoms. The molecule has 1 aromatic rings. The molecule has 0 aromatic carbocycles. The molecule has 0 spiro atoms. The van der Waals surface area contributed by atoms with E-state index in [1.807, 2.05) is 24.4 Å². The fourth-order valence-corrected chi connectivity index (χ4v) is 4.85. The number of hydrogen-bond donors (Lipinski definition) is 2. The lowest BCUT2D eigenvalue weighted by atomic mass is 10.00. The van der Waals surface area contributed by atoms with Gasteiger partial charge < -0.3 is 5.11 Å². The van der Waals surface area contributed by atoms with Crippen LogP contribution >= 0.6 is 11.3 Å². The van der Waals surface area contributed by atoms with Crippen LogP contribution in [0.1, 0.15) is 37.1 Å². The minimum atomic E-state index is -3.44. The Labute approximate surface area is 124 Å². The number of nitrogens with one attached hydrogen (secondary N) is 1. The van der Waals surface area contributed by atoms with Crippen molar-refractivity contribution >= 4 is 21.5 Å². The molecule has 0 amide bonds. The van der Waals surface area contributed by atoms with Gasteiger partial charge in [0.15, 0.2) is 0 Å². The van der Waals surface area contributed by atoms with Gasteiger partial charge in [-0.3, -0.25) is 0 Å². The van der Waals surface area contributed by atoms with Crippen LogP contribution in [-0.2, 0) is 10.2 Å². The lowest BCUT2D eigenvalue weighted by Crippen LogP contribution is -2.46. The van der Waals surface area contributed by atoms with Gasteiger partial charge in [0.1, 0.15) is 0 Å². The van der Waals surface area contributed by atoms with Gasteiger partial charge in [-0.05, 0) is 36.6 Å². The molecule has 2 rings (SSSR count). The second-order valence-electron chi connectivity index (χ2n) is 5.12. The average molecular weight is 318 g/mol. The second-order valence-corrected chi connectivity index (χ2v) is 7.81. The Kier molecular flexibility index (Phi) is 5.57. The fraction of sp³-hybridized carbons (Fsp3) is 0.692. The number of nitrogens with zero attached hydrogens (tertiary/aromatic N) is 1. The van der Waals surface area contributed by atoms with Gasteiger partial charge in [0.25, 0.3) is 10.2 Å². The van der Waals surface area contributed by atoms with Crippen molar-refractivity contribution in [1.82, 2.24) is 9.03 Å². The van der Waals surface area contributed by atoms with Gasteiger partial charge in [0, 0.05) is 24.6 Å². The van der Waals surface area contributed by atoms with Gasteiger partial charge in [-0.15, -0.1) is 11.3 Å². The molecule has 1 atom stereocenters. The first-order chi connectivity index (χ1) is 9.56. The monoisotopic (exact) mass is 318 g/mol. The maximum absolute atomic E-state index is 12.4. The summed E-state index contributed by atoms with van der Waals surface area (Å²) >= 11 is 1.57. The summed E-state index contributed by atoms with van der Waals surface area (Å²) in [6.45, 7) is 3.10. The number of piperidine rings is 1. The van der Waals surface area contributed by atoms with Crippen molar-refractivity contribution in [1.29, 1.82) is 0 Å². The Bertz CT molecular complexity index is 494. The molecular weight excluding hydrogens is 296 g/mol. The molecule has 1 aliphatic heterocycles. The third kappa shape index (κ3) is 3.79. The second kappa shape index (κ2) is 7.00. The van der Waals surface area contributed by atoms with E-state index in [-0.39, 0.29) is 18.6 Å². The molecule has 1 aromatic heterocycles. The van der Waals surface area contributed by atoms with Crippen LogP contribution in [0, 0.1) is 5.92 Å². The predicted octanol–water partition coefficient (Wildman–Crippen LogP) is 1.74. The lowest BCUT2D eigenvalue weighted by Gasteiger charge is -2.31. The minimum absolute atomic E-state index is 0.147. The highest BCUT2D eigenvalue weighted by Crippen LogP contribution is 2.24. The van der Waals surface area contributed by atoms with Crippen LogP contribution in [0.4, 0.5) is 0 Å². The zero-order valence-corrected chi connectivity index (χ0v) is 13.3. The van der Waals surface area contributed by atoms with E-state index in [0.717, 1.165) is 24.1 Å². The summed E-state index contributed by atoms with van der Waals surface area (Å²) in [6.07, 6.45) is 2.19. The number of rotatable bonds is 6. The molecule has 0 bridgehead atoms. The number of aliphatic hydroxyl groups excluding tert-OH is 1. The van der Waals surface area contributed by atoms with E-state index in [4.69, 9.17) is 5.11 Å². The van der Waals surface area contributed by atoms with Crippen LogP contribution in [0.5, 0.6) is 0 Å². The smallest absolute Gasteiger partial charge is 0.280 e. The number of thiophene rings is 1. The van der Waals surface area contributed by atoms with Crippen LogP contribution in [0.25, 0.3) is 0 Å². The Morgan fingerprint density at radius 1 is 1.50 bits per heavy atom. The third-order valence-corrected chi connectivity index (χ3v) is 6.37. The van der Waals surface area contributed by atoms with Gasteiger partial charge in [-0.25, -0.2) is 0 Å². The lowest BCUT2D eigenvalue weighted by molar-refractivity contribution is 0.169. The molecule has 0 aliphatic carbocycles. The van der Waals surface area contributed by atoms with Crippen molar-refractivity contribution in [2.75, 3.05) is 19.7 Å². The molecule has 5 nitrogen and oxygen atoms in total. The van der Waals surface area contributed by atoms with E-state index in [9.17, 15) is 8.42 Å². The molecule has 1 saturated heterocycles. The molecule has 1 aliphatic rings. The number of hydrogen-bond acceptors (Lipinski definition) is 4. The van der Waals surface area contributed by atoms with E-state index in [2.05, 4.69) is 4.72 Å². The first-order valence-electron chi connectivity index (χ1n) is 6.98. The highest BCUT2D eigenvalue weighted by Gasteiger charge is 2.29. The van der Waals surface area contributed by atoms with Crippen molar-refractivity contribution in [3.63, 3.8) is 0 Å². The van der Waals surface area contributed by atoms with Gasteiger partial charge in [0.2, 0.25) is 0 Å². The normalized spacial score (nSPS) is 20.1. The van der Waals surface area contributed by atoms with Gasteiger partial charge in [-0.2, -0.15) is 17.4 Å². The van der Waals surface area contributed by atoms with Crippen LogP contribution in [0.3, 0.4) is 0 Å². The molecule has 1 fully saturated rings. The molecular formula is C13H22N2O3S2. The van der Waals surface area contributed by atoms with Crippen molar-refractivity contribution < 1.29 is 13.5 Å². The fourth-order valence-electron chi connectivity index (χ4n) is 2.42. The summed E-state index contributed by atoms with van der Waals surface area (Å²) in [5.41, 5.74) is 0. The van der Waals surface area contributed by atoms with E-state index in [1.54, 1.807) is 11.3 Å². The Balaban J connectivity index is 2.00. The molecule has 1 unspecified atom stereocenters. The summed E-state index contributed by atoms with van der Waals surface area (Å²) in [5, 5.41) is 11.1. The Morgan fingerprint density at radius 3 is 2.70 bits per heavy atom. The van der Waals surface area contributed by atoms with Gasteiger partial charge in [0.05, 0.1) is 6.04 Å². The summed E-state index contributed by atoms with van der Waals surface area (Å²) in [7, 11) is -3.44. The maximum Gasteiger partial charge on any atom is 0.280 e. The van der Waals surface area contributed by atoms with Crippen LogP contribution in [0.15, 0.2) is 17.5 Å². The zero-order chi connectivity index (χ0) is 14.6. The van der Waals surface area contributed by atoms with E-state index >= 15 is 0 Å². The van der Waals surface area contributed by atoms with E-state index < -0.39 is 10.2 Å². The largest absolute Gasteiger partial charge is 0.396 e. The standard InChI is InChI=1S/C13H22N2O3S2/c1-2-12(13-4-3-9-19-13)14-20(17,18)15-7-5-11(10-16)6-8-15/h3-4,9,11-12,14,16H,2,5-8,10H2,1H3. The van der Waals surface area contributed by atoms with Crippen LogP contribution < -0.4 is 4.72 Å². The first-order valence-corrected chi connectivity index (χ1v) is 9.30. The van der Waals surface area contributed by atoms with E-state index in [0.29, 0.717) is 13.1 Å². The summed E-state index contributed by atoms with van der Waals surface area (Å²) in [5.74, 6) is 0.237. The van der Waals surface area contributed by atoms with Crippen molar-refractivity contribution in [2.45, 2.75) is 32.2 Å². The number of aliphatic hydroxyl groups is 1. The molecule has 7 heteroatoms. The highest BCUT2D eigenvalue weighted by molar-refractivity contribution is 7.87. The molecule has 0 radical (unpaired) electrons. The molecule has 114 valence electrons. The highest BCUT2D eigenvalue weighted by atomic mass is 32.2. The van der Waals surface area contributed by atoms with Crippen molar-refractivity contribution in [3.8, 4) is 0 Å². The average Bonchev–Trinajstić information content (AvgIpc) is 2.99. The quantitative estimate of drug-likeness (QED) is 0.839. The zero-order valence-electron chi connectivity index (χ0n) is 11.7. The maximum atomic E-state index is 12.4. The van der Waals surface area contributed by atoms with Crippen LogP contribution in [-0.4, -0.2) is 37.5 Å². The van der Waals surface area contributed by atoms with Gasteiger partial charge >= 0.3 is 0 Å². The predicted molar refractivity (Wildman–Crippen MR) is 80.8 cm³/mol. The summed E-state index contributed by atoms with van der Waals surface area (Å²) in [6, 6.07) is 3.74. The molecule has 0 saturated carbocycles. The third-order valence-electron chi connectivity index (χ3n) is 3.76. The Hall–Kier alpha value is -0.470. The summed E-state index contributed by atoms with van der Waals surface area (Å²) < 4.78 is 29.1. The van der Waals surface area contributed by atoms with E-state index in [1.165, 1.54) is 4.31 Å². The Morgan fingerprint density at radius 2 is 2.20 bits per heavy atom. The summed E-state index contributed by atoms with van der Waals surface area (Å²) in [4.78, 5) is 1.04. The van der Waals surface area contributed by atoms with Gasteiger partial charge in [-0.1, -0.05) is 13.0 Å².